The van der Waals surface area contributed by atoms with Crippen LogP contribution in [0.2, 0.25) is 0 Å². The Bertz CT molecular complexity index is 495. The number of aliphatic hydroxyl groups excluding tert-OH is 1. The Morgan fingerprint density at radius 1 is 1.14 bits per heavy atom. The maximum Gasteiger partial charge on any atom is 0.330 e. The lowest BCUT2D eigenvalue weighted by molar-refractivity contribution is -0.132. The molecule has 0 aliphatic carbocycles. The molecule has 5 nitrogen and oxygen atoms in total. The fourth-order valence-electron chi connectivity index (χ4n) is 0.812. The van der Waals surface area contributed by atoms with Crippen LogP contribution >= 0.6 is 0 Å². The lowest BCUT2D eigenvalue weighted by atomic mass is 10.2. The molecule has 0 heterocycles. The Kier molecular flexibility index (Phi) is 13.1. The molecule has 0 aliphatic rings. The molecule has 1 aromatic rings. The summed E-state index contributed by atoms with van der Waals surface area (Å²) in [6.07, 6.45) is 1.83. The van der Waals surface area contributed by atoms with Gasteiger partial charge in [-0.2, -0.15) is 0 Å². The molecular weight excluding hydrogens is 282 g/mol. The van der Waals surface area contributed by atoms with Crippen LogP contribution in [0, 0.1) is 0 Å². The van der Waals surface area contributed by atoms with Crippen LogP contribution in [-0.2, 0) is 9.59 Å². The maximum atomic E-state index is 10.4. The van der Waals surface area contributed by atoms with Crippen molar-refractivity contribution >= 4 is 18.0 Å². The minimum atomic E-state index is -0.935. The van der Waals surface area contributed by atoms with E-state index in [9.17, 15) is 9.59 Å². The first-order valence-corrected chi connectivity index (χ1v) is 6.37. The third-order valence-corrected chi connectivity index (χ3v) is 2.03. The lowest BCUT2D eigenvalue weighted by Gasteiger charge is -1.96. The summed E-state index contributed by atoms with van der Waals surface area (Å²) in [6, 6.07) is 10.0. The molecule has 5 heteroatoms. The zero-order valence-corrected chi connectivity index (χ0v) is 13.0. The number of carbonyl (C=O) groups is 2. The fraction of sp³-hybridized carbons (Fsp3) is 0.176. The number of amides is 1. The largest absolute Gasteiger partial charge is 0.478 e. The van der Waals surface area contributed by atoms with Crippen LogP contribution in [0.3, 0.4) is 0 Å². The highest BCUT2D eigenvalue weighted by molar-refractivity contribution is 5.91. The second kappa shape index (κ2) is 13.3. The molecular formula is C17H23NO4. The van der Waals surface area contributed by atoms with E-state index >= 15 is 0 Å². The summed E-state index contributed by atoms with van der Waals surface area (Å²) in [5.74, 6) is -1.25. The second-order valence-electron chi connectivity index (χ2n) is 4.14. The number of hydrogen-bond acceptors (Lipinski definition) is 3. The summed E-state index contributed by atoms with van der Waals surface area (Å²) in [6.45, 7) is 12.8. The molecule has 22 heavy (non-hydrogen) atoms. The van der Waals surface area contributed by atoms with Crippen molar-refractivity contribution < 1.29 is 19.8 Å². The van der Waals surface area contributed by atoms with Crippen molar-refractivity contribution in [2.75, 3.05) is 6.73 Å². The smallest absolute Gasteiger partial charge is 0.330 e. The summed E-state index contributed by atoms with van der Waals surface area (Å²) >= 11 is 0. The van der Waals surface area contributed by atoms with Gasteiger partial charge in [0.2, 0.25) is 5.91 Å². The monoisotopic (exact) mass is 305 g/mol. The molecule has 3 N–H and O–H groups in total. The van der Waals surface area contributed by atoms with E-state index in [1.807, 2.05) is 36.4 Å². The van der Waals surface area contributed by atoms with Gasteiger partial charge in [0.25, 0.3) is 0 Å². The Morgan fingerprint density at radius 2 is 1.59 bits per heavy atom. The van der Waals surface area contributed by atoms with E-state index in [4.69, 9.17) is 10.2 Å². The molecule has 0 aliphatic heterocycles. The van der Waals surface area contributed by atoms with E-state index in [0.717, 1.165) is 0 Å². The van der Waals surface area contributed by atoms with E-state index in [0.29, 0.717) is 5.57 Å². The van der Waals surface area contributed by atoms with Crippen molar-refractivity contribution in [1.82, 2.24) is 5.32 Å². The number of carboxylic acids is 1. The first-order valence-electron chi connectivity index (χ1n) is 6.37. The number of aliphatic carboxylic acids is 1. The molecule has 0 saturated carbocycles. The summed E-state index contributed by atoms with van der Waals surface area (Å²) in [5.41, 5.74) is 1.75. The van der Waals surface area contributed by atoms with Crippen LogP contribution in [0.25, 0.3) is 6.08 Å². The zero-order valence-electron chi connectivity index (χ0n) is 13.0. The average molecular weight is 305 g/mol. The Morgan fingerprint density at radius 3 is 1.77 bits per heavy atom. The third-order valence-electron chi connectivity index (χ3n) is 2.03. The van der Waals surface area contributed by atoms with Gasteiger partial charge in [-0.3, -0.25) is 4.79 Å². The predicted octanol–water partition coefficient (Wildman–Crippen LogP) is 2.61. The summed E-state index contributed by atoms with van der Waals surface area (Å²) in [4.78, 5) is 20.0. The summed E-state index contributed by atoms with van der Waals surface area (Å²) in [7, 11) is 0. The minimum Gasteiger partial charge on any atom is -0.478 e. The van der Waals surface area contributed by atoms with E-state index in [1.54, 1.807) is 6.92 Å². The van der Waals surface area contributed by atoms with Crippen LogP contribution < -0.4 is 5.32 Å². The SMILES string of the molecule is C=C(C)C(=O)NCO.C=C(C)C(=O)O.C=Cc1ccccc1. The van der Waals surface area contributed by atoms with Crippen molar-refractivity contribution in [3.8, 4) is 0 Å². The van der Waals surface area contributed by atoms with Crippen LogP contribution in [0.5, 0.6) is 0 Å². The summed E-state index contributed by atoms with van der Waals surface area (Å²) in [5, 5.41) is 18.2. The standard InChI is InChI=1S/C8H8.C5H9NO2.C4H6O2/c1-2-8-6-4-3-5-7-8;1-4(2)5(8)6-3-7;1-3(2)4(5)6/h2-7H,1H2;7H,1,3H2,2H3,(H,6,8);1H2,2H3,(H,5,6). The number of benzene rings is 1. The normalized spacial score (nSPS) is 8.14. The molecule has 0 aromatic heterocycles. The molecule has 0 bridgehead atoms. The van der Waals surface area contributed by atoms with Gasteiger partial charge in [-0.1, -0.05) is 56.1 Å². The van der Waals surface area contributed by atoms with E-state index in [1.165, 1.54) is 12.5 Å². The molecule has 1 aromatic carbocycles. The Labute approximate surface area is 131 Å². The van der Waals surface area contributed by atoms with Gasteiger partial charge in [-0.15, -0.1) is 0 Å². The average Bonchev–Trinajstić information content (AvgIpc) is 2.49. The quantitative estimate of drug-likeness (QED) is 0.589. The van der Waals surface area contributed by atoms with E-state index < -0.39 is 5.97 Å². The number of carboxylic acid groups (broad SMARTS) is 1. The molecule has 1 rings (SSSR count). The lowest BCUT2D eigenvalue weighted by Crippen LogP contribution is -2.24. The van der Waals surface area contributed by atoms with Gasteiger partial charge in [-0.25, -0.2) is 4.79 Å². The second-order valence-corrected chi connectivity index (χ2v) is 4.14. The number of hydrogen-bond donors (Lipinski definition) is 3. The topological polar surface area (TPSA) is 86.6 Å². The molecule has 0 saturated heterocycles. The third kappa shape index (κ3) is 13.8. The van der Waals surface area contributed by atoms with Crippen LogP contribution in [0.1, 0.15) is 19.4 Å². The summed E-state index contributed by atoms with van der Waals surface area (Å²) < 4.78 is 0. The highest BCUT2D eigenvalue weighted by Gasteiger charge is 1.95. The minimum absolute atomic E-state index is 0.176. The maximum absolute atomic E-state index is 10.4. The van der Waals surface area contributed by atoms with E-state index in [2.05, 4.69) is 25.1 Å². The molecule has 1 amide bonds. The van der Waals surface area contributed by atoms with Crippen molar-refractivity contribution in [3.05, 3.63) is 66.8 Å². The highest BCUT2D eigenvalue weighted by atomic mass is 16.4. The van der Waals surface area contributed by atoms with Gasteiger partial charge >= 0.3 is 5.97 Å². The number of aliphatic hydroxyl groups is 1. The van der Waals surface area contributed by atoms with Gasteiger partial charge in [0, 0.05) is 11.1 Å². The van der Waals surface area contributed by atoms with Crippen LogP contribution in [0.15, 0.2) is 61.2 Å². The number of rotatable bonds is 4. The van der Waals surface area contributed by atoms with Crippen molar-refractivity contribution in [3.63, 3.8) is 0 Å². The van der Waals surface area contributed by atoms with Gasteiger partial charge in [0.1, 0.15) is 6.73 Å². The molecule has 0 radical (unpaired) electrons. The van der Waals surface area contributed by atoms with Crippen molar-refractivity contribution in [2.45, 2.75) is 13.8 Å². The number of carbonyl (C=O) groups excluding carboxylic acids is 1. The number of nitrogens with one attached hydrogen (secondary N) is 1. The zero-order chi connectivity index (χ0) is 17.5. The van der Waals surface area contributed by atoms with Crippen molar-refractivity contribution in [1.29, 1.82) is 0 Å². The fourth-order valence-corrected chi connectivity index (χ4v) is 0.812. The van der Waals surface area contributed by atoms with Gasteiger partial charge in [0.15, 0.2) is 0 Å². The molecule has 0 spiro atoms. The Balaban J connectivity index is 0. The van der Waals surface area contributed by atoms with Gasteiger partial charge in [-0.05, 0) is 19.4 Å². The van der Waals surface area contributed by atoms with Gasteiger partial charge < -0.3 is 15.5 Å². The molecule has 0 fully saturated rings. The Hall–Kier alpha value is -2.66. The first-order chi connectivity index (χ1) is 10.3. The highest BCUT2D eigenvalue weighted by Crippen LogP contribution is 1.97. The van der Waals surface area contributed by atoms with Crippen LogP contribution in [-0.4, -0.2) is 28.8 Å². The molecule has 0 atom stereocenters. The van der Waals surface area contributed by atoms with Crippen LogP contribution in [0.4, 0.5) is 0 Å². The predicted molar refractivity (Wildman–Crippen MR) is 89.0 cm³/mol. The molecule has 120 valence electrons. The van der Waals surface area contributed by atoms with Crippen molar-refractivity contribution in [2.24, 2.45) is 0 Å². The van der Waals surface area contributed by atoms with E-state index in [-0.39, 0.29) is 18.2 Å². The van der Waals surface area contributed by atoms with Gasteiger partial charge in [0.05, 0.1) is 0 Å². The molecule has 0 unspecified atom stereocenters. The first kappa shape index (κ1) is 21.6.